The van der Waals surface area contributed by atoms with Crippen molar-refractivity contribution in [2.75, 3.05) is 6.54 Å². The van der Waals surface area contributed by atoms with Gasteiger partial charge in [-0.25, -0.2) is 5.43 Å². The molecule has 3 rings (SSSR count). The highest BCUT2D eigenvalue weighted by atomic mass is 16.2. The third-order valence-electron chi connectivity index (χ3n) is 4.32. The molecular formula is C22H24N4O. The minimum absolute atomic E-state index is 0.0585. The minimum Gasteiger partial charge on any atom is -0.274 e. The zero-order chi connectivity index (χ0) is 18.7. The first kappa shape index (κ1) is 18.7. The molecule has 1 aromatic carbocycles. The molecule has 138 valence electrons. The summed E-state index contributed by atoms with van der Waals surface area (Å²) in [5, 5.41) is 1.70. The molecule has 0 aliphatic heterocycles. The van der Waals surface area contributed by atoms with E-state index >= 15 is 0 Å². The molecule has 1 N–H and O–H groups in total. The second kappa shape index (κ2) is 10.2. The van der Waals surface area contributed by atoms with Gasteiger partial charge in [-0.15, -0.1) is 0 Å². The van der Waals surface area contributed by atoms with Crippen molar-refractivity contribution in [3.05, 3.63) is 96.1 Å². The number of pyridine rings is 2. The predicted octanol–water partition coefficient (Wildman–Crippen LogP) is 3.65. The van der Waals surface area contributed by atoms with Gasteiger partial charge in [0.05, 0.1) is 5.56 Å². The normalized spacial score (nSPS) is 10.5. The van der Waals surface area contributed by atoms with Crippen LogP contribution in [0.3, 0.4) is 0 Å². The van der Waals surface area contributed by atoms with Crippen molar-refractivity contribution in [2.24, 2.45) is 0 Å². The van der Waals surface area contributed by atoms with Crippen LogP contribution in [-0.4, -0.2) is 27.4 Å². The van der Waals surface area contributed by atoms with Gasteiger partial charge in [0.2, 0.25) is 0 Å². The molecular weight excluding hydrogens is 336 g/mol. The highest BCUT2D eigenvalue weighted by Gasteiger charge is 2.15. The van der Waals surface area contributed by atoms with Crippen LogP contribution < -0.4 is 5.43 Å². The van der Waals surface area contributed by atoms with Crippen LogP contribution in [0.25, 0.3) is 0 Å². The number of nitrogens with zero attached hydrogens (tertiary/aromatic N) is 3. The number of hydrogen-bond acceptors (Lipinski definition) is 4. The topological polar surface area (TPSA) is 58.1 Å². The molecule has 27 heavy (non-hydrogen) atoms. The SMILES string of the molecule is O=C(c1cccnc1)N(CCCCc1ccccc1)NCc1ccncc1. The minimum atomic E-state index is -0.0585. The second-order valence-electron chi connectivity index (χ2n) is 6.33. The maximum Gasteiger partial charge on any atom is 0.269 e. The third-order valence-corrected chi connectivity index (χ3v) is 4.32. The average molecular weight is 360 g/mol. The lowest BCUT2D eigenvalue weighted by atomic mass is 10.1. The molecule has 1 amide bonds. The number of aromatic nitrogens is 2. The molecule has 0 saturated heterocycles. The van der Waals surface area contributed by atoms with Crippen molar-refractivity contribution in [1.82, 2.24) is 20.4 Å². The lowest BCUT2D eigenvalue weighted by molar-refractivity contribution is 0.0648. The number of unbranched alkanes of at least 4 members (excludes halogenated alkanes) is 1. The molecule has 0 spiro atoms. The van der Waals surface area contributed by atoms with Crippen LogP contribution in [0.2, 0.25) is 0 Å². The summed E-state index contributed by atoms with van der Waals surface area (Å²) in [5.74, 6) is -0.0585. The van der Waals surface area contributed by atoms with E-state index in [0.29, 0.717) is 18.7 Å². The summed E-state index contributed by atoms with van der Waals surface area (Å²) in [6.07, 6.45) is 9.75. The van der Waals surface area contributed by atoms with Gasteiger partial charge in [-0.2, -0.15) is 0 Å². The molecule has 0 fully saturated rings. The first-order valence-corrected chi connectivity index (χ1v) is 9.21. The Balaban J connectivity index is 1.57. The van der Waals surface area contributed by atoms with Crippen LogP contribution in [-0.2, 0) is 13.0 Å². The fourth-order valence-corrected chi connectivity index (χ4v) is 2.83. The van der Waals surface area contributed by atoms with Gasteiger partial charge in [-0.05, 0) is 54.7 Å². The van der Waals surface area contributed by atoms with E-state index in [9.17, 15) is 4.79 Å². The van der Waals surface area contributed by atoms with E-state index < -0.39 is 0 Å². The molecule has 2 aromatic heterocycles. The quantitative estimate of drug-likeness (QED) is 0.467. The Morgan fingerprint density at radius 2 is 1.67 bits per heavy atom. The molecule has 0 atom stereocenters. The summed E-state index contributed by atoms with van der Waals surface area (Å²) in [7, 11) is 0. The average Bonchev–Trinajstić information content (AvgIpc) is 2.75. The Labute approximate surface area is 160 Å². The highest BCUT2D eigenvalue weighted by molar-refractivity contribution is 5.93. The van der Waals surface area contributed by atoms with Gasteiger partial charge in [-0.1, -0.05) is 30.3 Å². The van der Waals surface area contributed by atoms with E-state index in [-0.39, 0.29) is 5.91 Å². The van der Waals surface area contributed by atoms with E-state index in [4.69, 9.17) is 0 Å². The van der Waals surface area contributed by atoms with Gasteiger partial charge in [0.1, 0.15) is 0 Å². The summed E-state index contributed by atoms with van der Waals surface area (Å²) in [6.45, 7) is 1.22. The first-order valence-electron chi connectivity index (χ1n) is 9.21. The molecule has 0 bridgehead atoms. The van der Waals surface area contributed by atoms with Crippen LogP contribution in [0.5, 0.6) is 0 Å². The molecule has 0 aliphatic carbocycles. The Hall–Kier alpha value is -3.05. The van der Waals surface area contributed by atoms with Crippen molar-refractivity contribution in [2.45, 2.75) is 25.8 Å². The van der Waals surface area contributed by atoms with E-state index in [1.165, 1.54) is 5.56 Å². The number of benzene rings is 1. The number of carbonyl (C=O) groups excluding carboxylic acids is 1. The predicted molar refractivity (Wildman–Crippen MR) is 106 cm³/mol. The number of hydrogen-bond donors (Lipinski definition) is 1. The molecule has 3 aromatic rings. The van der Waals surface area contributed by atoms with Crippen molar-refractivity contribution in [3.8, 4) is 0 Å². The third kappa shape index (κ3) is 6.01. The molecule has 2 heterocycles. The van der Waals surface area contributed by atoms with Gasteiger partial charge >= 0.3 is 0 Å². The van der Waals surface area contributed by atoms with Crippen LogP contribution in [0, 0.1) is 0 Å². The van der Waals surface area contributed by atoms with Crippen molar-refractivity contribution in [3.63, 3.8) is 0 Å². The van der Waals surface area contributed by atoms with E-state index in [1.807, 2.05) is 18.2 Å². The summed E-state index contributed by atoms with van der Waals surface area (Å²) in [5.41, 5.74) is 6.26. The second-order valence-corrected chi connectivity index (χ2v) is 6.33. The summed E-state index contributed by atoms with van der Waals surface area (Å²) >= 11 is 0. The van der Waals surface area contributed by atoms with Gasteiger partial charge < -0.3 is 0 Å². The van der Waals surface area contributed by atoms with Gasteiger partial charge in [0.15, 0.2) is 0 Å². The van der Waals surface area contributed by atoms with Gasteiger partial charge in [0, 0.05) is 37.9 Å². The largest absolute Gasteiger partial charge is 0.274 e. The van der Waals surface area contributed by atoms with Crippen LogP contribution in [0.4, 0.5) is 0 Å². The first-order chi connectivity index (χ1) is 13.3. The van der Waals surface area contributed by atoms with Crippen LogP contribution in [0.15, 0.2) is 79.4 Å². The molecule has 0 aliphatic rings. The lowest BCUT2D eigenvalue weighted by Crippen LogP contribution is -2.43. The fourth-order valence-electron chi connectivity index (χ4n) is 2.83. The Bertz CT molecular complexity index is 809. The van der Waals surface area contributed by atoms with E-state index in [0.717, 1.165) is 24.8 Å². The Morgan fingerprint density at radius 3 is 2.41 bits per heavy atom. The number of hydrazine groups is 1. The number of carbonyl (C=O) groups is 1. The summed E-state index contributed by atoms with van der Waals surface area (Å²) in [6, 6.07) is 17.9. The standard InChI is InChI=1S/C22H24N4O/c27-22(21-10-6-13-24-18-21)26(25-17-20-11-14-23-15-12-20)16-5-4-9-19-7-2-1-3-8-19/h1-3,6-8,10-15,18,25H,4-5,9,16-17H2. The van der Waals surface area contributed by atoms with Crippen LogP contribution in [0.1, 0.15) is 34.3 Å². The van der Waals surface area contributed by atoms with E-state index in [1.54, 1.807) is 41.9 Å². The molecule has 0 unspecified atom stereocenters. The zero-order valence-electron chi connectivity index (χ0n) is 15.3. The van der Waals surface area contributed by atoms with Crippen LogP contribution >= 0.6 is 0 Å². The highest BCUT2D eigenvalue weighted by Crippen LogP contribution is 2.08. The van der Waals surface area contributed by atoms with Crippen molar-refractivity contribution < 1.29 is 4.79 Å². The smallest absolute Gasteiger partial charge is 0.269 e. The maximum atomic E-state index is 12.8. The van der Waals surface area contributed by atoms with Crippen molar-refractivity contribution >= 4 is 5.91 Å². The fraction of sp³-hybridized carbons (Fsp3) is 0.227. The Morgan fingerprint density at radius 1 is 0.852 bits per heavy atom. The maximum absolute atomic E-state index is 12.8. The molecule has 5 heteroatoms. The summed E-state index contributed by atoms with van der Waals surface area (Å²) in [4.78, 5) is 20.9. The lowest BCUT2D eigenvalue weighted by Gasteiger charge is -2.23. The number of amides is 1. The molecule has 5 nitrogen and oxygen atoms in total. The molecule has 0 radical (unpaired) electrons. The number of aryl methyl sites for hydroxylation is 1. The van der Waals surface area contributed by atoms with E-state index in [2.05, 4.69) is 39.7 Å². The van der Waals surface area contributed by atoms with Gasteiger partial charge in [0.25, 0.3) is 5.91 Å². The Kier molecular flexibility index (Phi) is 7.07. The molecule has 0 saturated carbocycles. The number of rotatable bonds is 9. The summed E-state index contributed by atoms with van der Waals surface area (Å²) < 4.78 is 0. The zero-order valence-corrected chi connectivity index (χ0v) is 15.3. The van der Waals surface area contributed by atoms with Crippen molar-refractivity contribution in [1.29, 1.82) is 0 Å². The van der Waals surface area contributed by atoms with Gasteiger partial charge in [-0.3, -0.25) is 19.8 Å². The number of nitrogens with one attached hydrogen (secondary N) is 1. The monoisotopic (exact) mass is 360 g/mol.